The zero-order valence-corrected chi connectivity index (χ0v) is 19.7. The van der Waals surface area contributed by atoms with Crippen LogP contribution in [-0.2, 0) is 4.79 Å². The van der Waals surface area contributed by atoms with Crippen molar-refractivity contribution in [1.82, 2.24) is 14.3 Å². The number of amides is 1. The first-order valence-corrected chi connectivity index (χ1v) is 12.3. The van der Waals surface area contributed by atoms with E-state index in [1.807, 2.05) is 19.1 Å². The van der Waals surface area contributed by atoms with E-state index in [2.05, 4.69) is 11.8 Å². The Morgan fingerprint density at radius 2 is 1.97 bits per heavy atom. The van der Waals surface area contributed by atoms with E-state index < -0.39 is 0 Å². The van der Waals surface area contributed by atoms with Crippen LogP contribution in [0.5, 0.6) is 0 Å². The van der Waals surface area contributed by atoms with E-state index >= 15 is 0 Å². The fourth-order valence-electron chi connectivity index (χ4n) is 4.12. The maximum absolute atomic E-state index is 13.4. The van der Waals surface area contributed by atoms with Crippen molar-refractivity contribution < 1.29 is 4.79 Å². The summed E-state index contributed by atoms with van der Waals surface area (Å²) in [6.45, 7) is 6.49. The predicted molar refractivity (Wildman–Crippen MR) is 132 cm³/mol. The van der Waals surface area contributed by atoms with Crippen LogP contribution in [0.1, 0.15) is 56.6 Å². The first-order chi connectivity index (χ1) is 15.0. The second-order valence-electron chi connectivity index (χ2n) is 8.13. The molecule has 2 aliphatic rings. The molecule has 0 spiro atoms. The first-order valence-electron chi connectivity index (χ1n) is 11.0. The van der Waals surface area contributed by atoms with Crippen molar-refractivity contribution in [2.75, 3.05) is 24.5 Å². The number of thiocarbonyl (C=S) groups is 1. The third-order valence-electron chi connectivity index (χ3n) is 5.85. The number of anilines is 1. The first kappa shape index (κ1) is 22.0. The van der Waals surface area contributed by atoms with Crippen molar-refractivity contribution in [1.29, 1.82) is 0 Å². The number of thioether (sulfide) groups is 1. The summed E-state index contributed by atoms with van der Waals surface area (Å²) in [4.78, 5) is 35.7. The van der Waals surface area contributed by atoms with Gasteiger partial charge in [-0.2, -0.15) is 0 Å². The Bertz CT molecular complexity index is 1100. The highest BCUT2D eigenvalue weighted by Gasteiger charge is 2.32. The number of carbonyl (C=O) groups excluding carboxylic acids is 1. The Hall–Kier alpha value is -2.19. The van der Waals surface area contributed by atoms with E-state index in [1.165, 1.54) is 11.8 Å². The van der Waals surface area contributed by atoms with Gasteiger partial charge in [0, 0.05) is 25.8 Å². The van der Waals surface area contributed by atoms with Crippen LogP contribution in [0.15, 0.2) is 28.0 Å². The molecule has 0 saturated carbocycles. The standard InChI is InChI=1S/C23H28N4O2S2/c1-3-4-5-6-13-27-22(29)18(31-23(27)30)15-17-20(25-11-7-8-12-25)24-19-16(2)10-9-14-26(19)21(17)28/h9-10,14-15H,3-8,11-13H2,1-2H3/b18-15+. The van der Waals surface area contributed by atoms with Crippen LogP contribution in [0.4, 0.5) is 5.82 Å². The van der Waals surface area contributed by atoms with Crippen molar-refractivity contribution in [3.8, 4) is 0 Å². The van der Waals surface area contributed by atoms with E-state index in [0.717, 1.165) is 57.2 Å². The Morgan fingerprint density at radius 3 is 2.71 bits per heavy atom. The number of pyridine rings is 1. The van der Waals surface area contributed by atoms with Gasteiger partial charge in [0.15, 0.2) is 0 Å². The van der Waals surface area contributed by atoms with E-state index in [9.17, 15) is 9.59 Å². The molecule has 2 aliphatic heterocycles. The lowest BCUT2D eigenvalue weighted by Gasteiger charge is -2.20. The molecule has 164 valence electrons. The molecule has 2 fully saturated rings. The van der Waals surface area contributed by atoms with Crippen molar-refractivity contribution in [2.24, 2.45) is 0 Å². The van der Waals surface area contributed by atoms with Gasteiger partial charge in [-0.05, 0) is 43.9 Å². The van der Waals surface area contributed by atoms with Gasteiger partial charge in [-0.25, -0.2) is 4.98 Å². The Labute approximate surface area is 192 Å². The van der Waals surface area contributed by atoms with Gasteiger partial charge >= 0.3 is 0 Å². The van der Waals surface area contributed by atoms with Gasteiger partial charge in [0.25, 0.3) is 11.5 Å². The van der Waals surface area contributed by atoms with Gasteiger partial charge in [-0.15, -0.1) is 0 Å². The number of aromatic nitrogens is 2. The summed E-state index contributed by atoms with van der Waals surface area (Å²) in [6, 6.07) is 3.80. The number of hydrogen-bond donors (Lipinski definition) is 0. The summed E-state index contributed by atoms with van der Waals surface area (Å²) >= 11 is 6.76. The SMILES string of the molecule is CCCCCCN1C(=O)/C(=C\c2c(N3CCCC3)nc3c(C)cccn3c2=O)SC1=S. The molecule has 0 radical (unpaired) electrons. The molecule has 0 aromatic carbocycles. The molecule has 0 atom stereocenters. The van der Waals surface area contributed by atoms with Crippen molar-refractivity contribution in [2.45, 2.75) is 52.4 Å². The summed E-state index contributed by atoms with van der Waals surface area (Å²) in [5.41, 5.74) is 1.93. The summed E-state index contributed by atoms with van der Waals surface area (Å²) in [5.74, 6) is 0.567. The Kier molecular flexibility index (Phi) is 6.77. The number of aryl methyl sites for hydroxylation is 1. The van der Waals surface area contributed by atoms with Crippen LogP contribution in [0.25, 0.3) is 11.7 Å². The molecule has 2 aromatic rings. The normalized spacial score (nSPS) is 18.2. The van der Waals surface area contributed by atoms with Crippen LogP contribution in [0.3, 0.4) is 0 Å². The maximum Gasteiger partial charge on any atom is 0.267 e. The van der Waals surface area contributed by atoms with Crippen LogP contribution in [0.2, 0.25) is 0 Å². The van der Waals surface area contributed by atoms with Gasteiger partial charge in [-0.3, -0.25) is 18.9 Å². The molecule has 0 N–H and O–H groups in total. The molecule has 0 aliphatic carbocycles. The summed E-state index contributed by atoms with van der Waals surface area (Å²) in [7, 11) is 0. The van der Waals surface area contributed by atoms with Crippen molar-refractivity contribution in [3.63, 3.8) is 0 Å². The fourth-order valence-corrected chi connectivity index (χ4v) is 5.41. The Balaban J connectivity index is 1.73. The molecule has 2 saturated heterocycles. The summed E-state index contributed by atoms with van der Waals surface area (Å²) < 4.78 is 2.15. The van der Waals surface area contributed by atoms with Gasteiger partial charge in [-0.1, -0.05) is 56.2 Å². The summed E-state index contributed by atoms with van der Waals surface area (Å²) in [5, 5.41) is 0. The number of nitrogens with zero attached hydrogens (tertiary/aromatic N) is 4. The van der Waals surface area contributed by atoms with E-state index in [-0.39, 0.29) is 11.5 Å². The lowest BCUT2D eigenvalue weighted by Crippen LogP contribution is -2.29. The average molecular weight is 457 g/mol. The lowest BCUT2D eigenvalue weighted by atomic mass is 10.2. The largest absolute Gasteiger partial charge is 0.356 e. The molecule has 0 unspecified atom stereocenters. The minimum atomic E-state index is -0.149. The van der Waals surface area contributed by atoms with E-state index in [4.69, 9.17) is 17.2 Å². The highest BCUT2D eigenvalue weighted by atomic mass is 32.2. The van der Waals surface area contributed by atoms with Gasteiger partial charge in [0.1, 0.15) is 15.8 Å². The second kappa shape index (κ2) is 9.53. The summed E-state index contributed by atoms with van der Waals surface area (Å²) in [6.07, 6.45) is 9.93. The van der Waals surface area contributed by atoms with Gasteiger partial charge < -0.3 is 4.90 Å². The molecule has 8 heteroatoms. The molecule has 31 heavy (non-hydrogen) atoms. The van der Waals surface area contributed by atoms with Crippen LogP contribution < -0.4 is 10.5 Å². The zero-order valence-electron chi connectivity index (χ0n) is 18.1. The molecule has 4 heterocycles. The third-order valence-corrected chi connectivity index (χ3v) is 7.23. The Morgan fingerprint density at radius 1 is 1.19 bits per heavy atom. The van der Waals surface area contributed by atoms with E-state index in [0.29, 0.717) is 32.8 Å². The molecule has 6 nitrogen and oxygen atoms in total. The second-order valence-corrected chi connectivity index (χ2v) is 9.80. The van der Waals surface area contributed by atoms with Crippen LogP contribution in [0, 0.1) is 6.92 Å². The van der Waals surface area contributed by atoms with E-state index in [1.54, 1.807) is 21.6 Å². The number of unbranched alkanes of at least 4 members (excludes halogenated alkanes) is 3. The average Bonchev–Trinajstić information content (AvgIpc) is 3.37. The number of carbonyl (C=O) groups is 1. The lowest BCUT2D eigenvalue weighted by molar-refractivity contribution is -0.122. The smallest absolute Gasteiger partial charge is 0.267 e. The molecule has 4 rings (SSSR count). The maximum atomic E-state index is 13.4. The minimum Gasteiger partial charge on any atom is -0.356 e. The highest BCUT2D eigenvalue weighted by molar-refractivity contribution is 8.26. The number of rotatable bonds is 7. The molecule has 1 amide bonds. The molecule has 0 bridgehead atoms. The minimum absolute atomic E-state index is 0.104. The topological polar surface area (TPSA) is 57.9 Å². The zero-order chi connectivity index (χ0) is 22.0. The molecule has 2 aromatic heterocycles. The fraction of sp³-hybridized carbons (Fsp3) is 0.478. The highest BCUT2D eigenvalue weighted by Crippen LogP contribution is 2.34. The molecular formula is C23H28N4O2S2. The monoisotopic (exact) mass is 456 g/mol. The van der Waals surface area contributed by atoms with Crippen LogP contribution in [-0.4, -0.2) is 44.1 Å². The quantitative estimate of drug-likeness (QED) is 0.350. The third kappa shape index (κ3) is 4.41. The predicted octanol–water partition coefficient (Wildman–Crippen LogP) is 4.38. The van der Waals surface area contributed by atoms with Crippen molar-refractivity contribution in [3.05, 3.63) is 44.7 Å². The molecular weight excluding hydrogens is 428 g/mol. The number of fused-ring (bicyclic) bond motifs is 1. The van der Waals surface area contributed by atoms with Gasteiger partial charge in [0.2, 0.25) is 0 Å². The van der Waals surface area contributed by atoms with Crippen LogP contribution >= 0.6 is 24.0 Å². The number of hydrogen-bond acceptors (Lipinski definition) is 6. The van der Waals surface area contributed by atoms with Crippen molar-refractivity contribution >= 4 is 51.7 Å². The van der Waals surface area contributed by atoms with Gasteiger partial charge in [0.05, 0.1) is 10.5 Å².